The Morgan fingerprint density at radius 2 is 2.38 bits per heavy atom. The van der Waals surface area contributed by atoms with Gasteiger partial charge in [0, 0.05) is 13.0 Å². The number of carbonyl (C=O) groups excluding carboxylic acids is 1. The molecule has 2 nitrogen and oxygen atoms in total. The van der Waals surface area contributed by atoms with Gasteiger partial charge >= 0.3 is 0 Å². The van der Waals surface area contributed by atoms with Crippen molar-refractivity contribution in [1.29, 1.82) is 0 Å². The van der Waals surface area contributed by atoms with E-state index in [4.69, 9.17) is 0 Å². The molecule has 2 heteroatoms. The SMILES string of the molecule is [CH2]CNC(=O)CCC. The van der Waals surface area contributed by atoms with Crippen LogP contribution in [-0.2, 0) is 4.79 Å². The first-order valence-electron chi connectivity index (χ1n) is 2.87. The van der Waals surface area contributed by atoms with Crippen LogP contribution in [0.5, 0.6) is 0 Å². The molecule has 0 atom stereocenters. The summed E-state index contributed by atoms with van der Waals surface area (Å²) in [5.74, 6) is 0.0995. The fraction of sp³-hybridized carbons (Fsp3) is 0.667. The quantitative estimate of drug-likeness (QED) is 0.576. The van der Waals surface area contributed by atoms with Gasteiger partial charge in [0.2, 0.25) is 5.91 Å². The van der Waals surface area contributed by atoms with Crippen LogP contribution in [0.25, 0.3) is 0 Å². The Balaban J connectivity index is 3.06. The molecule has 8 heavy (non-hydrogen) atoms. The minimum absolute atomic E-state index is 0.0995. The van der Waals surface area contributed by atoms with Crippen molar-refractivity contribution in [3.05, 3.63) is 6.92 Å². The summed E-state index contributed by atoms with van der Waals surface area (Å²) in [5.41, 5.74) is 0. The van der Waals surface area contributed by atoms with Gasteiger partial charge in [0.05, 0.1) is 0 Å². The molecule has 0 saturated heterocycles. The fourth-order valence-electron chi connectivity index (χ4n) is 0.455. The van der Waals surface area contributed by atoms with Crippen molar-refractivity contribution in [2.24, 2.45) is 0 Å². The normalized spacial score (nSPS) is 8.75. The molecule has 0 saturated carbocycles. The second-order valence-corrected chi connectivity index (χ2v) is 1.60. The van der Waals surface area contributed by atoms with E-state index in [1.807, 2.05) is 6.92 Å². The molecule has 0 aromatic heterocycles. The third kappa shape index (κ3) is 3.65. The molecule has 0 spiro atoms. The summed E-state index contributed by atoms with van der Waals surface area (Å²) in [5, 5.41) is 2.60. The molecule has 0 aliphatic rings. The molecule has 0 aromatic rings. The highest BCUT2D eigenvalue weighted by molar-refractivity contribution is 5.75. The molecule has 0 rings (SSSR count). The summed E-state index contributed by atoms with van der Waals surface area (Å²) < 4.78 is 0. The van der Waals surface area contributed by atoms with Crippen molar-refractivity contribution in [2.45, 2.75) is 19.8 Å². The summed E-state index contributed by atoms with van der Waals surface area (Å²) in [6.45, 7) is 5.95. The molecule has 1 amide bonds. The molecule has 47 valence electrons. The van der Waals surface area contributed by atoms with Crippen LogP contribution in [0, 0.1) is 6.92 Å². The third-order valence-corrected chi connectivity index (χ3v) is 0.799. The standard InChI is InChI=1S/C6H12NO/c1-3-5-6(8)7-4-2/h2-5H2,1H3,(H,7,8). The van der Waals surface area contributed by atoms with E-state index in [2.05, 4.69) is 12.2 Å². The van der Waals surface area contributed by atoms with E-state index in [1.165, 1.54) is 0 Å². The Kier molecular flexibility index (Phi) is 4.32. The predicted molar refractivity (Wildman–Crippen MR) is 33.3 cm³/mol. The maximum Gasteiger partial charge on any atom is 0.219 e. The van der Waals surface area contributed by atoms with Gasteiger partial charge in [-0.05, 0) is 13.3 Å². The van der Waals surface area contributed by atoms with Crippen LogP contribution >= 0.6 is 0 Å². The van der Waals surface area contributed by atoms with Crippen LogP contribution in [0.3, 0.4) is 0 Å². The van der Waals surface area contributed by atoms with E-state index in [-0.39, 0.29) is 5.91 Å². The Hall–Kier alpha value is -0.530. The molecule has 0 heterocycles. The number of hydrogen-bond donors (Lipinski definition) is 1. The van der Waals surface area contributed by atoms with Crippen molar-refractivity contribution in [3.8, 4) is 0 Å². The van der Waals surface area contributed by atoms with E-state index in [0.717, 1.165) is 6.42 Å². The van der Waals surface area contributed by atoms with Crippen molar-refractivity contribution >= 4 is 5.91 Å². The van der Waals surface area contributed by atoms with Gasteiger partial charge < -0.3 is 5.32 Å². The highest BCUT2D eigenvalue weighted by Crippen LogP contribution is 1.83. The Morgan fingerprint density at radius 3 is 2.75 bits per heavy atom. The number of hydrogen-bond acceptors (Lipinski definition) is 1. The molecule has 0 aliphatic heterocycles. The average molecular weight is 114 g/mol. The Labute approximate surface area is 50.3 Å². The van der Waals surface area contributed by atoms with Crippen LogP contribution in [0.4, 0.5) is 0 Å². The van der Waals surface area contributed by atoms with E-state index in [1.54, 1.807) is 0 Å². The van der Waals surface area contributed by atoms with E-state index in [0.29, 0.717) is 13.0 Å². The van der Waals surface area contributed by atoms with Gasteiger partial charge in [-0.25, -0.2) is 0 Å². The summed E-state index contributed by atoms with van der Waals surface area (Å²) in [6.07, 6.45) is 1.53. The molecule has 0 bridgehead atoms. The minimum Gasteiger partial charge on any atom is -0.356 e. The second-order valence-electron chi connectivity index (χ2n) is 1.60. The lowest BCUT2D eigenvalue weighted by Gasteiger charge is -1.96. The highest BCUT2D eigenvalue weighted by atomic mass is 16.1. The number of carbonyl (C=O) groups is 1. The summed E-state index contributed by atoms with van der Waals surface area (Å²) in [6, 6.07) is 0. The highest BCUT2D eigenvalue weighted by Gasteiger charge is 1.92. The monoisotopic (exact) mass is 114 g/mol. The molecule has 0 fully saturated rings. The van der Waals surface area contributed by atoms with Gasteiger partial charge in [0.25, 0.3) is 0 Å². The summed E-state index contributed by atoms with van der Waals surface area (Å²) in [7, 11) is 0. The van der Waals surface area contributed by atoms with Gasteiger partial charge in [-0.3, -0.25) is 4.79 Å². The van der Waals surface area contributed by atoms with Crippen molar-refractivity contribution < 1.29 is 4.79 Å². The molecule has 1 N–H and O–H groups in total. The number of rotatable bonds is 3. The van der Waals surface area contributed by atoms with Gasteiger partial charge in [0.15, 0.2) is 0 Å². The van der Waals surface area contributed by atoms with Crippen molar-refractivity contribution in [1.82, 2.24) is 5.32 Å². The first-order valence-corrected chi connectivity index (χ1v) is 2.87. The van der Waals surface area contributed by atoms with Crippen LogP contribution < -0.4 is 5.32 Å². The molecule has 0 aliphatic carbocycles. The van der Waals surface area contributed by atoms with E-state index >= 15 is 0 Å². The minimum atomic E-state index is 0.0995. The second kappa shape index (κ2) is 4.62. The maximum absolute atomic E-state index is 10.5. The molecule has 1 radical (unpaired) electrons. The third-order valence-electron chi connectivity index (χ3n) is 0.799. The van der Waals surface area contributed by atoms with Crippen LogP contribution in [0.15, 0.2) is 0 Å². The van der Waals surface area contributed by atoms with E-state index < -0.39 is 0 Å². The van der Waals surface area contributed by atoms with Gasteiger partial charge in [0.1, 0.15) is 0 Å². The largest absolute Gasteiger partial charge is 0.356 e. The zero-order valence-corrected chi connectivity index (χ0v) is 5.24. The predicted octanol–water partition coefficient (Wildman–Crippen LogP) is 0.737. The molecular formula is C6H12NO. The number of nitrogens with one attached hydrogen (secondary N) is 1. The number of amides is 1. The summed E-state index contributed by atoms with van der Waals surface area (Å²) in [4.78, 5) is 10.5. The Morgan fingerprint density at radius 1 is 1.75 bits per heavy atom. The van der Waals surface area contributed by atoms with Crippen LogP contribution in [0.2, 0.25) is 0 Å². The lowest BCUT2D eigenvalue weighted by molar-refractivity contribution is -0.120. The molecule has 0 unspecified atom stereocenters. The zero-order chi connectivity index (χ0) is 6.41. The zero-order valence-electron chi connectivity index (χ0n) is 5.24. The van der Waals surface area contributed by atoms with Gasteiger partial charge in [-0.15, -0.1) is 0 Å². The average Bonchev–Trinajstić information content (AvgIpc) is 1.68. The molecular weight excluding hydrogens is 102 g/mol. The first-order chi connectivity index (χ1) is 3.81. The Bertz CT molecular complexity index is 62.9. The maximum atomic E-state index is 10.5. The van der Waals surface area contributed by atoms with Crippen LogP contribution in [0.1, 0.15) is 19.8 Å². The van der Waals surface area contributed by atoms with Crippen molar-refractivity contribution in [3.63, 3.8) is 0 Å². The molecule has 0 aromatic carbocycles. The van der Waals surface area contributed by atoms with Crippen LogP contribution in [-0.4, -0.2) is 12.5 Å². The smallest absolute Gasteiger partial charge is 0.219 e. The van der Waals surface area contributed by atoms with E-state index in [9.17, 15) is 4.79 Å². The topological polar surface area (TPSA) is 29.1 Å². The van der Waals surface area contributed by atoms with Gasteiger partial charge in [-0.1, -0.05) is 6.92 Å². The first kappa shape index (κ1) is 7.47. The fourth-order valence-corrected chi connectivity index (χ4v) is 0.455. The summed E-state index contributed by atoms with van der Waals surface area (Å²) >= 11 is 0. The lowest BCUT2D eigenvalue weighted by Crippen LogP contribution is -2.21. The lowest BCUT2D eigenvalue weighted by atomic mass is 10.3. The van der Waals surface area contributed by atoms with Crippen molar-refractivity contribution in [2.75, 3.05) is 6.54 Å². The van der Waals surface area contributed by atoms with Gasteiger partial charge in [-0.2, -0.15) is 0 Å².